The zero-order valence-corrected chi connectivity index (χ0v) is 12.0. The van der Waals surface area contributed by atoms with Gasteiger partial charge in [-0.3, -0.25) is 4.79 Å². The largest absolute Gasteiger partial charge is 0.346 e. The number of amides is 1. The van der Waals surface area contributed by atoms with Gasteiger partial charge in [0.05, 0.1) is 6.04 Å². The summed E-state index contributed by atoms with van der Waals surface area (Å²) in [5, 5.41) is 2.89. The molecule has 0 spiro atoms. The van der Waals surface area contributed by atoms with Gasteiger partial charge in [-0.25, -0.2) is 4.39 Å². The maximum atomic E-state index is 13.2. The molecule has 110 valence electrons. The van der Waals surface area contributed by atoms with Crippen LogP contribution in [0.1, 0.15) is 34.5 Å². The highest BCUT2D eigenvalue weighted by Crippen LogP contribution is 2.16. The first kappa shape index (κ1) is 15.2. The lowest BCUT2D eigenvalue weighted by Crippen LogP contribution is -2.28. The molecule has 0 radical (unpaired) electrons. The first-order valence-corrected chi connectivity index (χ1v) is 6.96. The standard InChI is InChI=1S/C17H19FN2O/c1-12(14-6-4-7-15(18)11-14)20-17(21)16-8-3-2-5-13(16)9-10-19/h2-8,11-12H,9-10,19H2,1H3,(H,20,21)/t12-/m1/s1. The molecule has 0 saturated heterocycles. The van der Waals surface area contributed by atoms with E-state index in [1.165, 1.54) is 12.1 Å². The number of benzene rings is 2. The lowest BCUT2D eigenvalue weighted by molar-refractivity contribution is 0.0939. The Hall–Kier alpha value is -2.20. The van der Waals surface area contributed by atoms with Gasteiger partial charge in [-0.05, 0) is 49.2 Å². The van der Waals surface area contributed by atoms with Crippen LogP contribution in [0.5, 0.6) is 0 Å². The van der Waals surface area contributed by atoms with Gasteiger partial charge in [0.25, 0.3) is 5.91 Å². The van der Waals surface area contributed by atoms with Crippen molar-refractivity contribution >= 4 is 5.91 Å². The highest BCUT2D eigenvalue weighted by Gasteiger charge is 2.14. The summed E-state index contributed by atoms with van der Waals surface area (Å²) in [6.07, 6.45) is 0.651. The minimum atomic E-state index is -0.308. The van der Waals surface area contributed by atoms with E-state index in [-0.39, 0.29) is 17.8 Å². The second-order valence-corrected chi connectivity index (χ2v) is 4.95. The Morgan fingerprint density at radius 2 is 2.00 bits per heavy atom. The molecule has 0 unspecified atom stereocenters. The molecule has 0 bridgehead atoms. The number of nitrogens with two attached hydrogens (primary N) is 1. The van der Waals surface area contributed by atoms with Crippen molar-refractivity contribution < 1.29 is 9.18 Å². The number of hydrogen-bond donors (Lipinski definition) is 2. The van der Waals surface area contributed by atoms with Crippen LogP contribution in [0.15, 0.2) is 48.5 Å². The van der Waals surface area contributed by atoms with Crippen LogP contribution in [0.4, 0.5) is 4.39 Å². The molecule has 2 rings (SSSR count). The third-order valence-corrected chi connectivity index (χ3v) is 3.37. The Kier molecular flexibility index (Phi) is 5.06. The van der Waals surface area contributed by atoms with Crippen molar-refractivity contribution in [1.29, 1.82) is 0 Å². The predicted octanol–water partition coefficient (Wildman–Crippen LogP) is 2.82. The van der Waals surface area contributed by atoms with Gasteiger partial charge in [0.1, 0.15) is 5.82 Å². The SMILES string of the molecule is C[C@@H](NC(=O)c1ccccc1CCN)c1cccc(F)c1. The summed E-state index contributed by atoms with van der Waals surface area (Å²) in [5.74, 6) is -0.479. The maximum absolute atomic E-state index is 13.2. The molecule has 2 aromatic carbocycles. The summed E-state index contributed by atoms with van der Waals surface area (Å²) in [4.78, 5) is 12.4. The zero-order chi connectivity index (χ0) is 15.2. The van der Waals surface area contributed by atoms with E-state index in [0.29, 0.717) is 18.5 Å². The van der Waals surface area contributed by atoms with Crippen LogP contribution in [-0.4, -0.2) is 12.5 Å². The molecule has 0 aromatic heterocycles. The topological polar surface area (TPSA) is 55.1 Å². The molecule has 2 aromatic rings. The van der Waals surface area contributed by atoms with Gasteiger partial charge in [-0.1, -0.05) is 30.3 Å². The maximum Gasteiger partial charge on any atom is 0.252 e. The summed E-state index contributed by atoms with van der Waals surface area (Å²) in [7, 11) is 0. The second-order valence-electron chi connectivity index (χ2n) is 4.95. The molecule has 0 aliphatic rings. The Balaban J connectivity index is 2.14. The van der Waals surface area contributed by atoms with E-state index in [0.717, 1.165) is 11.1 Å². The normalized spacial score (nSPS) is 12.0. The molecule has 3 nitrogen and oxygen atoms in total. The molecule has 1 atom stereocenters. The number of carbonyl (C=O) groups excluding carboxylic acids is 1. The van der Waals surface area contributed by atoms with Crippen LogP contribution in [0.2, 0.25) is 0 Å². The number of halogens is 1. The van der Waals surface area contributed by atoms with Crippen molar-refractivity contribution in [3.05, 3.63) is 71.0 Å². The van der Waals surface area contributed by atoms with Crippen molar-refractivity contribution in [2.24, 2.45) is 5.73 Å². The van der Waals surface area contributed by atoms with E-state index in [1.54, 1.807) is 18.2 Å². The minimum Gasteiger partial charge on any atom is -0.346 e. The van der Waals surface area contributed by atoms with E-state index in [9.17, 15) is 9.18 Å². The lowest BCUT2D eigenvalue weighted by Gasteiger charge is -2.16. The molecule has 1 amide bonds. The van der Waals surface area contributed by atoms with Crippen LogP contribution in [0.3, 0.4) is 0 Å². The first-order valence-electron chi connectivity index (χ1n) is 6.96. The Bertz CT molecular complexity index is 628. The first-order chi connectivity index (χ1) is 10.1. The fraction of sp³-hybridized carbons (Fsp3) is 0.235. The van der Waals surface area contributed by atoms with Crippen LogP contribution in [0.25, 0.3) is 0 Å². The summed E-state index contributed by atoms with van der Waals surface area (Å²) >= 11 is 0. The molecule has 0 fully saturated rings. The smallest absolute Gasteiger partial charge is 0.252 e. The fourth-order valence-electron chi connectivity index (χ4n) is 2.25. The predicted molar refractivity (Wildman–Crippen MR) is 81.5 cm³/mol. The second kappa shape index (κ2) is 6.99. The summed E-state index contributed by atoms with van der Waals surface area (Å²) < 4.78 is 13.2. The van der Waals surface area contributed by atoms with E-state index in [1.807, 2.05) is 25.1 Å². The van der Waals surface area contributed by atoms with Crippen molar-refractivity contribution in [3.63, 3.8) is 0 Å². The fourth-order valence-corrected chi connectivity index (χ4v) is 2.25. The van der Waals surface area contributed by atoms with Crippen LogP contribution in [0, 0.1) is 5.82 Å². The summed E-state index contributed by atoms with van der Waals surface area (Å²) in [5.41, 5.74) is 7.84. The molecule has 4 heteroatoms. The number of nitrogens with one attached hydrogen (secondary N) is 1. The van der Waals surface area contributed by atoms with Gasteiger partial charge < -0.3 is 11.1 Å². The number of carbonyl (C=O) groups is 1. The van der Waals surface area contributed by atoms with Gasteiger partial charge in [-0.15, -0.1) is 0 Å². The molecule has 3 N–H and O–H groups in total. The number of hydrogen-bond acceptors (Lipinski definition) is 2. The van der Waals surface area contributed by atoms with E-state index in [4.69, 9.17) is 5.73 Å². The van der Waals surface area contributed by atoms with Crippen molar-refractivity contribution in [1.82, 2.24) is 5.32 Å². The zero-order valence-electron chi connectivity index (χ0n) is 12.0. The molecule has 0 aliphatic carbocycles. The van der Waals surface area contributed by atoms with Gasteiger partial charge in [0.15, 0.2) is 0 Å². The third-order valence-electron chi connectivity index (χ3n) is 3.37. The van der Waals surface area contributed by atoms with Crippen molar-refractivity contribution in [2.75, 3.05) is 6.54 Å². The highest BCUT2D eigenvalue weighted by atomic mass is 19.1. The monoisotopic (exact) mass is 286 g/mol. The molecule has 0 aliphatic heterocycles. The average Bonchev–Trinajstić information content (AvgIpc) is 2.48. The quantitative estimate of drug-likeness (QED) is 0.888. The molecule has 0 saturated carbocycles. The van der Waals surface area contributed by atoms with Gasteiger partial charge in [-0.2, -0.15) is 0 Å². The highest BCUT2D eigenvalue weighted by molar-refractivity contribution is 5.95. The molecule has 0 heterocycles. The summed E-state index contributed by atoms with van der Waals surface area (Å²) in [6.45, 7) is 2.32. The average molecular weight is 286 g/mol. The van der Waals surface area contributed by atoms with E-state index < -0.39 is 0 Å². The van der Waals surface area contributed by atoms with Crippen LogP contribution < -0.4 is 11.1 Å². The lowest BCUT2D eigenvalue weighted by atomic mass is 10.0. The van der Waals surface area contributed by atoms with E-state index >= 15 is 0 Å². The Labute approximate surface area is 124 Å². The summed E-state index contributed by atoms with van der Waals surface area (Å²) in [6, 6.07) is 13.4. The van der Waals surface area contributed by atoms with Crippen LogP contribution in [-0.2, 0) is 6.42 Å². The van der Waals surface area contributed by atoms with Gasteiger partial charge >= 0.3 is 0 Å². The molecule has 21 heavy (non-hydrogen) atoms. The molecular formula is C17H19FN2O. The third kappa shape index (κ3) is 3.89. The van der Waals surface area contributed by atoms with Gasteiger partial charge in [0.2, 0.25) is 0 Å². The van der Waals surface area contributed by atoms with Crippen molar-refractivity contribution in [3.8, 4) is 0 Å². The van der Waals surface area contributed by atoms with Crippen molar-refractivity contribution in [2.45, 2.75) is 19.4 Å². The Morgan fingerprint density at radius 1 is 1.24 bits per heavy atom. The molecular weight excluding hydrogens is 267 g/mol. The van der Waals surface area contributed by atoms with Gasteiger partial charge in [0, 0.05) is 5.56 Å². The number of rotatable bonds is 5. The van der Waals surface area contributed by atoms with E-state index in [2.05, 4.69) is 5.32 Å². The van der Waals surface area contributed by atoms with Crippen LogP contribution >= 0.6 is 0 Å². The Morgan fingerprint density at radius 3 is 2.71 bits per heavy atom. The minimum absolute atomic E-state index is 0.171.